The number of hydrogen-bond donors (Lipinski definition) is 2. The Morgan fingerprint density at radius 3 is 2.20 bits per heavy atom. The zero-order chi connectivity index (χ0) is 18.4. The van der Waals surface area contributed by atoms with Gasteiger partial charge in [-0.1, -0.05) is 23.7 Å². The van der Waals surface area contributed by atoms with Crippen LogP contribution in [0.1, 0.15) is 10.4 Å². The Hall–Kier alpha value is -3.06. The highest BCUT2D eigenvalue weighted by atomic mass is 35.5. The van der Waals surface area contributed by atoms with Crippen LogP contribution in [-0.2, 0) is 14.3 Å². The van der Waals surface area contributed by atoms with E-state index in [9.17, 15) is 14.4 Å². The van der Waals surface area contributed by atoms with Gasteiger partial charge in [-0.3, -0.25) is 9.59 Å². The second kappa shape index (κ2) is 8.16. The van der Waals surface area contributed by atoms with Crippen molar-refractivity contribution in [1.29, 1.82) is 0 Å². The molecule has 0 fully saturated rings. The molecule has 0 aliphatic heterocycles. The molecular formula is C17H15ClN2O5. The van der Waals surface area contributed by atoms with Crippen LogP contribution in [0.4, 0.5) is 11.4 Å². The predicted octanol–water partition coefficient (Wildman–Crippen LogP) is 2.71. The Labute approximate surface area is 148 Å². The molecule has 0 atom stereocenters. The molecule has 25 heavy (non-hydrogen) atoms. The maximum absolute atomic E-state index is 12.1. The van der Waals surface area contributed by atoms with Crippen molar-refractivity contribution in [2.24, 2.45) is 0 Å². The average molecular weight is 363 g/mol. The minimum atomic E-state index is -0.960. The van der Waals surface area contributed by atoms with E-state index in [0.717, 1.165) is 0 Å². The van der Waals surface area contributed by atoms with Crippen LogP contribution < -0.4 is 15.4 Å². The zero-order valence-corrected chi connectivity index (χ0v) is 14.2. The average Bonchev–Trinajstić information content (AvgIpc) is 2.61. The molecule has 2 N–H and O–H groups in total. The highest BCUT2D eigenvalue weighted by Gasteiger charge is 2.19. The largest absolute Gasteiger partial charge is 0.495 e. The van der Waals surface area contributed by atoms with Gasteiger partial charge < -0.3 is 20.1 Å². The molecule has 2 aromatic carbocycles. The summed E-state index contributed by atoms with van der Waals surface area (Å²) in [4.78, 5) is 35.9. The number of halogens is 1. The summed E-state index contributed by atoms with van der Waals surface area (Å²) in [5, 5.41) is 5.15. The van der Waals surface area contributed by atoms with Gasteiger partial charge in [0.2, 0.25) is 0 Å². The van der Waals surface area contributed by atoms with Crippen molar-refractivity contribution in [3.63, 3.8) is 0 Å². The van der Waals surface area contributed by atoms with Gasteiger partial charge in [0.1, 0.15) is 5.75 Å². The molecular weight excluding hydrogens is 348 g/mol. The SMILES string of the molecule is COC(=O)c1ccccc1NC(=O)C(=O)Nc1cc(Cl)ccc1OC. The van der Waals surface area contributed by atoms with Gasteiger partial charge in [-0.05, 0) is 30.3 Å². The minimum Gasteiger partial charge on any atom is -0.495 e. The van der Waals surface area contributed by atoms with E-state index < -0.39 is 17.8 Å². The Kier molecular flexibility index (Phi) is 5.97. The van der Waals surface area contributed by atoms with Crippen molar-refractivity contribution in [1.82, 2.24) is 0 Å². The molecule has 0 unspecified atom stereocenters. The van der Waals surface area contributed by atoms with Crippen LogP contribution >= 0.6 is 11.6 Å². The summed E-state index contributed by atoms with van der Waals surface area (Å²) < 4.78 is 9.73. The summed E-state index contributed by atoms with van der Waals surface area (Å²) in [6.07, 6.45) is 0. The van der Waals surface area contributed by atoms with Crippen molar-refractivity contribution in [2.45, 2.75) is 0 Å². The Bertz CT molecular complexity index is 822. The highest BCUT2D eigenvalue weighted by molar-refractivity contribution is 6.44. The number of benzene rings is 2. The summed E-state index contributed by atoms with van der Waals surface area (Å²) >= 11 is 5.88. The van der Waals surface area contributed by atoms with Crippen molar-refractivity contribution >= 4 is 40.8 Å². The Morgan fingerprint density at radius 2 is 1.56 bits per heavy atom. The molecule has 2 amide bonds. The number of anilines is 2. The van der Waals surface area contributed by atoms with Gasteiger partial charge in [-0.2, -0.15) is 0 Å². The first-order valence-corrected chi connectivity index (χ1v) is 7.47. The highest BCUT2D eigenvalue weighted by Crippen LogP contribution is 2.27. The molecule has 2 aromatic rings. The second-order valence-electron chi connectivity index (χ2n) is 4.79. The topological polar surface area (TPSA) is 93.7 Å². The summed E-state index contributed by atoms with van der Waals surface area (Å²) in [6, 6.07) is 10.8. The molecule has 7 nitrogen and oxygen atoms in total. The normalized spacial score (nSPS) is 9.88. The molecule has 130 valence electrons. The number of carbonyl (C=O) groups excluding carboxylic acids is 3. The number of esters is 1. The first kappa shape index (κ1) is 18.3. The fourth-order valence-corrected chi connectivity index (χ4v) is 2.19. The van der Waals surface area contributed by atoms with Crippen LogP contribution in [0.15, 0.2) is 42.5 Å². The van der Waals surface area contributed by atoms with Crippen molar-refractivity contribution < 1.29 is 23.9 Å². The summed E-state index contributed by atoms with van der Waals surface area (Å²) in [5.41, 5.74) is 0.537. The number of amides is 2. The van der Waals surface area contributed by atoms with Crippen LogP contribution in [0.2, 0.25) is 5.02 Å². The number of rotatable bonds is 4. The summed E-state index contributed by atoms with van der Waals surface area (Å²) in [6.45, 7) is 0. The third-order valence-corrected chi connectivity index (χ3v) is 3.43. The first-order chi connectivity index (χ1) is 12.0. The van der Waals surface area contributed by atoms with Crippen molar-refractivity contribution in [3.05, 3.63) is 53.1 Å². The first-order valence-electron chi connectivity index (χ1n) is 7.09. The number of carbonyl (C=O) groups is 3. The molecule has 2 rings (SSSR count). The van der Waals surface area contributed by atoms with E-state index >= 15 is 0 Å². The number of para-hydroxylation sites is 1. The zero-order valence-electron chi connectivity index (χ0n) is 13.5. The van der Waals surface area contributed by atoms with E-state index in [1.165, 1.54) is 32.4 Å². The van der Waals surface area contributed by atoms with Crippen LogP contribution in [-0.4, -0.2) is 32.0 Å². The van der Waals surface area contributed by atoms with Crippen LogP contribution in [0, 0.1) is 0 Å². The van der Waals surface area contributed by atoms with E-state index in [0.29, 0.717) is 10.8 Å². The molecule has 8 heteroatoms. The number of hydrogen-bond acceptors (Lipinski definition) is 5. The Balaban J connectivity index is 2.16. The van der Waals surface area contributed by atoms with Crippen LogP contribution in [0.3, 0.4) is 0 Å². The maximum atomic E-state index is 12.1. The number of nitrogens with one attached hydrogen (secondary N) is 2. The molecule has 0 saturated heterocycles. The predicted molar refractivity (Wildman–Crippen MR) is 93.0 cm³/mol. The third-order valence-electron chi connectivity index (χ3n) is 3.20. The van der Waals surface area contributed by atoms with Gasteiger partial charge in [-0.25, -0.2) is 4.79 Å². The standard InChI is InChI=1S/C17H15ClN2O5/c1-24-14-8-7-10(18)9-13(14)20-16(22)15(21)19-12-6-4-3-5-11(12)17(23)25-2/h3-9H,1-2H3,(H,19,21)(H,20,22). The van der Waals surface area contributed by atoms with Gasteiger partial charge in [0.15, 0.2) is 0 Å². The molecule has 0 aliphatic rings. The second-order valence-corrected chi connectivity index (χ2v) is 5.23. The molecule has 0 saturated carbocycles. The van der Waals surface area contributed by atoms with Crippen molar-refractivity contribution in [2.75, 3.05) is 24.9 Å². The van der Waals surface area contributed by atoms with Crippen LogP contribution in [0.25, 0.3) is 0 Å². The van der Waals surface area contributed by atoms with Gasteiger partial charge >= 0.3 is 17.8 Å². The third kappa shape index (κ3) is 4.48. The fraction of sp³-hybridized carbons (Fsp3) is 0.118. The lowest BCUT2D eigenvalue weighted by Crippen LogP contribution is -2.30. The number of ether oxygens (including phenoxy) is 2. The van der Waals surface area contributed by atoms with Crippen LogP contribution in [0.5, 0.6) is 5.75 Å². The van der Waals surface area contributed by atoms with E-state index in [4.69, 9.17) is 16.3 Å². The lowest BCUT2D eigenvalue weighted by molar-refractivity contribution is -0.133. The molecule has 0 spiro atoms. The molecule has 0 bridgehead atoms. The monoisotopic (exact) mass is 362 g/mol. The van der Waals surface area contributed by atoms with E-state index in [2.05, 4.69) is 15.4 Å². The lowest BCUT2D eigenvalue weighted by Gasteiger charge is -2.12. The van der Waals surface area contributed by atoms with Gasteiger partial charge in [0, 0.05) is 5.02 Å². The van der Waals surface area contributed by atoms with Gasteiger partial charge in [0.25, 0.3) is 0 Å². The van der Waals surface area contributed by atoms with Gasteiger partial charge in [-0.15, -0.1) is 0 Å². The van der Waals surface area contributed by atoms with Gasteiger partial charge in [0.05, 0.1) is 31.2 Å². The molecule has 0 aliphatic carbocycles. The van der Waals surface area contributed by atoms with E-state index in [1.54, 1.807) is 24.3 Å². The lowest BCUT2D eigenvalue weighted by atomic mass is 10.2. The summed E-state index contributed by atoms with van der Waals surface area (Å²) in [5.74, 6) is -2.19. The minimum absolute atomic E-state index is 0.131. The smallest absolute Gasteiger partial charge is 0.339 e. The molecule has 0 heterocycles. The Morgan fingerprint density at radius 1 is 0.920 bits per heavy atom. The fourth-order valence-electron chi connectivity index (χ4n) is 2.02. The summed E-state index contributed by atoms with van der Waals surface area (Å²) in [7, 11) is 2.64. The quantitative estimate of drug-likeness (QED) is 0.644. The number of methoxy groups -OCH3 is 2. The molecule has 0 aromatic heterocycles. The maximum Gasteiger partial charge on any atom is 0.339 e. The molecule has 0 radical (unpaired) electrons. The van der Waals surface area contributed by atoms with E-state index in [-0.39, 0.29) is 16.9 Å². The van der Waals surface area contributed by atoms with Crippen molar-refractivity contribution in [3.8, 4) is 5.75 Å². The van der Waals surface area contributed by atoms with E-state index in [1.807, 2.05) is 0 Å².